The number of nitrogens with zero attached hydrogens (tertiary/aromatic N) is 5. The molecule has 2 aliphatic rings. The Morgan fingerprint density at radius 3 is 2.52 bits per heavy atom. The lowest BCUT2D eigenvalue weighted by Gasteiger charge is -2.37. The topological polar surface area (TPSA) is 118 Å². The number of carbonyl (C=O) groups is 1. The number of benzene rings is 2. The zero-order chi connectivity index (χ0) is 30.7. The van der Waals surface area contributed by atoms with Gasteiger partial charge in [-0.15, -0.1) is 0 Å². The summed E-state index contributed by atoms with van der Waals surface area (Å²) in [5.41, 5.74) is 4.94. The molecule has 0 saturated carbocycles. The van der Waals surface area contributed by atoms with Crippen molar-refractivity contribution >= 4 is 45.0 Å². The van der Waals surface area contributed by atoms with Gasteiger partial charge in [0.25, 0.3) is 0 Å². The van der Waals surface area contributed by atoms with Crippen LogP contribution in [-0.2, 0) is 7.05 Å². The van der Waals surface area contributed by atoms with Gasteiger partial charge in [0, 0.05) is 65.2 Å². The third kappa shape index (κ3) is 4.93. The highest BCUT2D eigenvalue weighted by molar-refractivity contribution is 6.06. The van der Waals surface area contributed by atoms with E-state index in [-0.39, 0.29) is 17.4 Å². The first kappa shape index (κ1) is 28.2. The molecular formula is C34H37N7O3. The number of carbonyl (C=O) groups excluding carboxylic acids is 1. The highest BCUT2D eigenvalue weighted by Gasteiger charge is 2.39. The van der Waals surface area contributed by atoms with Crippen molar-refractivity contribution < 1.29 is 9.21 Å². The van der Waals surface area contributed by atoms with Crippen molar-refractivity contribution in [3.63, 3.8) is 0 Å². The fraction of sp³-hybridized carbons (Fsp3) is 0.382. The number of aryl methyl sites for hydroxylation is 1. The zero-order valence-corrected chi connectivity index (χ0v) is 25.7. The summed E-state index contributed by atoms with van der Waals surface area (Å²) in [5.74, 6) is 0.439. The summed E-state index contributed by atoms with van der Waals surface area (Å²) in [6.07, 6.45) is 6.05. The number of anilines is 3. The average Bonchev–Trinajstić information content (AvgIpc) is 3.40. The lowest BCUT2D eigenvalue weighted by atomic mass is 9.96. The molecule has 3 aromatic heterocycles. The maximum absolute atomic E-state index is 13.1. The number of rotatable bonds is 7. The van der Waals surface area contributed by atoms with E-state index in [1.54, 1.807) is 12.3 Å². The fourth-order valence-corrected chi connectivity index (χ4v) is 7.25. The molecule has 1 unspecified atom stereocenters. The number of piperidine rings is 1. The lowest BCUT2D eigenvalue weighted by Crippen LogP contribution is -2.44. The maximum Gasteiger partial charge on any atom is 0.349 e. The van der Waals surface area contributed by atoms with Crippen molar-refractivity contribution in [1.29, 1.82) is 0 Å². The standard InChI is InChI=1S/C34H37N7O3/c1-18(2)32-26-14-20(6-11-28(26)39-41(32)5)27-12-13-35-34(38-27)37-21-7-10-25-29(17-21)44-33(43)30(19(3)42)31(25)36-22-15-23-8-9-24(16-22)40(23)4/h6-7,10-14,17-18,22-24,36H,8-9,15-16H2,1-5H3,(H,35,37,38)/t22?,23-,24+. The number of fused-ring (bicyclic) bond motifs is 4. The Labute approximate surface area is 255 Å². The van der Waals surface area contributed by atoms with Crippen LogP contribution in [0.3, 0.4) is 0 Å². The second kappa shape index (κ2) is 10.9. The molecular weight excluding hydrogens is 554 g/mol. The molecule has 5 aromatic rings. The Balaban J connectivity index is 1.20. The number of nitrogens with one attached hydrogen (secondary N) is 2. The molecule has 2 N–H and O–H groups in total. The first-order valence-corrected chi connectivity index (χ1v) is 15.3. The molecule has 10 nitrogen and oxygen atoms in total. The van der Waals surface area contributed by atoms with E-state index in [2.05, 4.69) is 52.6 Å². The minimum Gasteiger partial charge on any atom is -0.422 e. The van der Waals surface area contributed by atoms with E-state index >= 15 is 0 Å². The van der Waals surface area contributed by atoms with Crippen LogP contribution in [0, 0.1) is 0 Å². The third-order valence-corrected chi connectivity index (χ3v) is 9.34. The SMILES string of the molecule is CC(=O)c1c(NC2C[C@H]3CC[C@@H](C2)N3C)c2ccc(Nc3nccc(-c4ccc5nn(C)c(C(C)C)c5c4)n3)cc2oc1=O. The van der Waals surface area contributed by atoms with Gasteiger partial charge in [0.2, 0.25) is 5.95 Å². The van der Waals surface area contributed by atoms with Gasteiger partial charge in [0.15, 0.2) is 5.78 Å². The van der Waals surface area contributed by atoms with E-state index in [1.807, 2.05) is 42.1 Å². The molecule has 44 heavy (non-hydrogen) atoms. The van der Waals surface area contributed by atoms with Crippen molar-refractivity contribution in [2.75, 3.05) is 17.7 Å². The number of ketones is 1. The molecule has 2 aromatic carbocycles. The van der Waals surface area contributed by atoms with Crippen LogP contribution < -0.4 is 16.3 Å². The Kier molecular flexibility index (Phi) is 6.96. The largest absolute Gasteiger partial charge is 0.422 e. The van der Waals surface area contributed by atoms with E-state index < -0.39 is 5.63 Å². The van der Waals surface area contributed by atoms with Gasteiger partial charge in [-0.1, -0.05) is 19.9 Å². The smallest absolute Gasteiger partial charge is 0.349 e. The van der Waals surface area contributed by atoms with Gasteiger partial charge in [-0.25, -0.2) is 14.8 Å². The van der Waals surface area contributed by atoms with Crippen LogP contribution in [0.5, 0.6) is 0 Å². The molecule has 0 spiro atoms. The summed E-state index contributed by atoms with van der Waals surface area (Å²) in [6.45, 7) is 5.75. The van der Waals surface area contributed by atoms with Crippen molar-refractivity contribution in [3.8, 4) is 11.3 Å². The molecule has 7 rings (SSSR count). The molecule has 0 aliphatic carbocycles. The van der Waals surface area contributed by atoms with Crippen LogP contribution in [-0.4, -0.2) is 55.6 Å². The summed E-state index contributed by atoms with van der Waals surface area (Å²) >= 11 is 0. The minimum absolute atomic E-state index is 0.0757. The van der Waals surface area contributed by atoms with E-state index in [1.165, 1.54) is 25.5 Å². The fourth-order valence-electron chi connectivity index (χ4n) is 7.25. The van der Waals surface area contributed by atoms with Gasteiger partial charge in [-0.3, -0.25) is 9.48 Å². The molecule has 2 fully saturated rings. The quantitative estimate of drug-likeness (QED) is 0.167. The molecule has 5 heterocycles. The second-order valence-corrected chi connectivity index (χ2v) is 12.6. The van der Waals surface area contributed by atoms with Gasteiger partial charge in [0.05, 0.1) is 16.9 Å². The number of Topliss-reactive ketones (excluding diaryl/α,β-unsaturated/α-hetero) is 1. The number of aromatic nitrogens is 4. The Morgan fingerprint density at radius 1 is 1.02 bits per heavy atom. The van der Waals surface area contributed by atoms with Crippen LogP contribution >= 0.6 is 0 Å². The number of hydrogen-bond donors (Lipinski definition) is 2. The molecule has 2 saturated heterocycles. The molecule has 2 bridgehead atoms. The van der Waals surface area contributed by atoms with Crippen LogP contribution in [0.15, 0.2) is 57.9 Å². The predicted octanol–water partition coefficient (Wildman–Crippen LogP) is 6.24. The summed E-state index contributed by atoms with van der Waals surface area (Å²) in [6, 6.07) is 14.8. The first-order valence-electron chi connectivity index (χ1n) is 15.3. The maximum atomic E-state index is 13.1. The summed E-state index contributed by atoms with van der Waals surface area (Å²) in [5, 5.41) is 13.3. The Bertz CT molecular complexity index is 1960. The van der Waals surface area contributed by atoms with Gasteiger partial charge >= 0.3 is 5.63 Å². The van der Waals surface area contributed by atoms with Crippen molar-refractivity contribution in [2.45, 2.75) is 70.5 Å². The minimum atomic E-state index is -0.634. The van der Waals surface area contributed by atoms with E-state index in [4.69, 9.17) is 9.40 Å². The van der Waals surface area contributed by atoms with Crippen LogP contribution in [0.2, 0.25) is 0 Å². The molecule has 3 atom stereocenters. The third-order valence-electron chi connectivity index (χ3n) is 9.34. The Morgan fingerprint density at radius 2 is 1.80 bits per heavy atom. The van der Waals surface area contributed by atoms with Crippen molar-refractivity contribution in [3.05, 3.63) is 70.3 Å². The Hall–Kier alpha value is -4.57. The van der Waals surface area contributed by atoms with E-state index in [0.29, 0.717) is 46.3 Å². The van der Waals surface area contributed by atoms with Crippen molar-refractivity contribution in [1.82, 2.24) is 24.6 Å². The van der Waals surface area contributed by atoms with Crippen LogP contribution in [0.25, 0.3) is 33.1 Å². The summed E-state index contributed by atoms with van der Waals surface area (Å²) in [4.78, 5) is 37.4. The van der Waals surface area contributed by atoms with E-state index in [9.17, 15) is 9.59 Å². The monoisotopic (exact) mass is 591 g/mol. The predicted molar refractivity (Wildman–Crippen MR) is 173 cm³/mol. The number of hydrogen-bond acceptors (Lipinski definition) is 9. The molecule has 0 amide bonds. The van der Waals surface area contributed by atoms with Crippen molar-refractivity contribution in [2.24, 2.45) is 7.05 Å². The van der Waals surface area contributed by atoms with Gasteiger partial charge in [-0.2, -0.15) is 5.10 Å². The van der Waals surface area contributed by atoms with Crippen LogP contribution in [0.4, 0.5) is 17.3 Å². The zero-order valence-electron chi connectivity index (χ0n) is 25.7. The summed E-state index contributed by atoms with van der Waals surface area (Å²) < 4.78 is 7.63. The highest BCUT2D eigenvalue weighted by atomic mass is 16.4. The highest BCUT2D eigenvalue weighted by Crippen LogP contribution is 2.37. The van der Waals surface area contributed by atoms with Gasteiger partial charge in [-0.05, 0) is 75.9 Å². The molecule has 226 valence electrons. The first-order chi connectivity index (χ1) is 21.2. The molecule has 0 radical (unpaired) electrons. The van der Waals surface area contributed by atoms with E-state index in [0.717, 1.165) is 35.0 Å². The summed E-state index contributed by atoms with van der Waals surface area (Å²) in [7, 11) is 4.17. The van der Waals surface area contributed by atoms with Crippen LogP contribution in [0.1, 0.15) is 68.4 Å². The normalized spacial score (nSPS) is 20.1. The molecule has 10 heteroatoms. The van der Waals surface area contributed by atoms with Gasteiger partial charge in [0.1, 0.15) is 11.1 Å². The second-order valence-electron chi connectivity index (χ2n) is 12.6. The molecule has 2 aliphatic heterocycles. The lowest BCUT2D eigenvalue weighted by molar-refractivity contribution is 0.101. The van der Waals surface area contributed by atoms with Gasteiger partial charge < -0.3 is 20.0 Å². The average molecular weight is 592 g/mol.